The molecule has 0 bridgehead atoms. The highest BCUT2D eigenvalue weighted by Gasteiger charge is 2.31. The van der Waals surface area contributed by atoms with Crippen LogP contribution in [0.3, 0.4) is 0 Å². The van der Waals surface area contributed by atoms with E-state index >= 15 is 0 Å². The van der Waals surface area contributed by atoms with Crippen molar-refractivity contribution in [3.63, 3.8) is 0 Å². The van der Waals surface area contributed by atoms with Crippen LogP contribution in [0.4, 0.5) is 10.1 Å². The minimum atomic E-state index is -0.450. The Kier molecular flexibility index (Phi) is 8.00. The van der Waals surface area contributed by atoms with Crippen LogP contribution >= 0.6 is 0 Å². The first kappa shape index (κ1) is 25.0. The Balaban J connectivity index is 1.46. The molecule has 0 unspecified atom stereocenters. The van der Waals surface area contributed by atoms with Gasteiger partial charge in [0.25, 0.3) is 5.91 Å². The van der Waals surface area contributed by atoms with E-state index < -0.39 is 5.91 Å². The number of hydrogen-bond acceptors (Lipinski definition) is 4. The second-order valence-corrected chi connectivity index (χ2v) is 8.58. The van der Waals surface area contributed by atoms with Crippen molar-refractivity contribution in [1.82, 2.24) is 5.32 Å². The van der Waals surface area contributed by atoms with Gasteiger partial charge in [0.2, 0.25) is 5.91 Å². The van der Waals surface area contributed by atoms with Gasteiger partial charge in [0.05, 0.1) is 18.3 Å². The Morgan fingerprint density at radius 2 is 1.81 bits per heavy atom. The number of nitrogens with one attached hydrogen (secondary N) is 1. The number of hydrogen-bond donors (Lipinski definition) is 1. The smallest absolute Gasteiger partial charge is 0.294 e. The molecule has 1 aliphatic rings. The zero-order valence-electron chi connectivity index (χ0n) is 20.4. The number of fused-ring (bicyclic) bond motifs is 1. The van der Waals surface area contributed by atoms with Crippen molar-refractivity contribution in [1.29, 1.82) is 0 Å². The summed E-state index contributed by atoms with van der Waals surface area (Å²) in [5.74, 6) is 0.183. The number of unbranched alkanes of at least 4 members (excludes halogenated alkanes) is 1. The fourth-order valence-corrected chi connectivity index (χ4v) is 3.83. The summed E-state index contributed by atoms with van der Waals surface area (Å²) in [4.78, 5) is 27.6. The van der Waals surface area contributed by atoms with Crippen LogP contribution in [0.5, 0.6) is 11.5 Å². The van der Waals surface area contributed by atoms with E-state index in [2.05, 4.69) is 12.2 Å². The quantitative estimate of drug-likeness (QED) is 0.312. The van der Waals surface area contributed by atoms with Crippen LogP contribution in [-0.2, 0) is 9.59 Å². The fraction of sp³-hybridized carbons (Fsp3) is 0.241. The first-order valence-electron chi connectivity index (χ1n) is 12.0. The highest BCUT2D eigenvalue weighted by atomic mass is 19.1. The van der Waals surface area contributed by atoms with Crippen LogP contribution in [-0.4, -0.2) is 25.0 Å². The zero-order chi connectivity index (χ0) is 25.5. The molecule has 0 saturated carbocycles. The lowest BCUT2D eigenvalue weighted by atomic mass is 10.1. The number of rotatable bonds is 9. The molecule has 7 heteroatoms. The first-order valence-corrected chi connectivity index (χ1v) is 12.0. The highest BCUT2D eigenvalue weighted by Crippen LogP contribution is 2.35. The van der Waals surface area contributed by atoms with Crippen molar-refractivity contribution in [3.8, 4) is 11.5 Å². The third kappa shape index (κ3) is 6.10. The number of benzene rings is 3. The minimum absolute atomic E-state index is 0.0554. The minimum Gasteiger partial charge on any atom is -0.494 e. The largest absolute Gasteiger partial charge is 0.494 e. The maximum atomic E-state index is 13.3. The molecule has 186 valence electrons. The Morgan fingerprint density at radius 1 is 1.08 bits per heavy atom. The number of anilines is 1. The molecule has 4 rings (SSSR count). The molecule has 0 saturated heterocycles. The standard InChI is InChI=1S/C29H29FN2O4/c1-3-4-17-35-24-15-11-22(12-16-24)20(2)31-28(33)19-32-25-7-5-6-8-26(25)36-27(29(32)34)18-21-9-13-23(30)14-10-21/h5-16,18,20H,3-4,17,19H2,1-2H3,(H,31,33)/b27-18+/t20-/m1/s1. The summed E-state index contributed by atoms with van der Waals surface area (Å²) in [7, 11) is 0. The summed E-state index contributed by atoms with van der Waals surface area (Å²) in [6.45, 7) is 4.50. The molecule has 36 heavy (non-hydrogen) atoms. The second kappa shape index (κ2) is 11.5. The van der Waals surface area contributed by atoms with Gasteiger partial charge < -0.3 is 14.8 Å². The van der Waals surface area contributed by atoms with E-state index in [1.165, 1.54) is 23.1 Å². The molecular weight excluding hydrogens is 459 g/mol. The van der Waals surface area contributed by atoms with E-state index in [-0.39, 0.29) is 30.1 Å². The molecule has 0 spiro atoms. The first-order chi connectivity index (χ1) is 17.4. The average Bonchev–Trinajstić information content (AvgIpc) is 2.88. The Morgan fingerprint density at radius 3 is 2.53 bits per heavy atom. The molecule has 0 aromatic heterocycles. The van der Waals surface area contributed by atoms with Gasteiger partial charge in [0.15, 0.2) is 11.5 Å². The maximum absolute atomic E-state index is 13.3. The van der Waals surface area contributed by atoms with Gasteiger partial charge in [-0.3, -0.25) is 14.5 Å². The summed E-state index contributed by atoms with van der Waals surface area (Å²) < 4.78 is 24.8. The summed E-state index contributed by atoms with van der Waals surface area (Å²) in [5, 5.41) is 2.96. The van der Waals surface area contributed by atoms with E-state index in [1.54, 1.807) is 36.4 Å². The van der Waals surface area contributed by atoms with Crippen molar-refractivity contribution < 1.29 is 23.5 Å². The van der Waals surface area contributed by atoms with E-state index in [1.807, 2.05) is 31.2 Å². The van der Waals surface area contributed by atoms with Crippen LogP contribution in [0.25, 0.3) is 6.08 Å². The van der Waals surface area contributed by atoms with E-state index in [0.717, 1.165) is 24.2 Å². The number of ether oxygens (including phenoxy) is 2. The van der Waals surface area contributed by atoms with Gasteiger partial charge >= 0.3 is 0 Å². The lowest BCUT2D eigenvalue weighted by Crippen LogP contribution is -2.44. The zero-order valence-corrected chi connectivity index (χ0v) is 20.4. The van der Waals surface area contributed by atoms with Gasteiger partial charge in [0.1, 0.15) is 18.1 Å². The number of nitrogens with zero attached hydrogens (tertiary/aromatic N) is 1. The maximum Gasteiger partial charge on any atom is 0.294 e. The molecule has 0 fully saturated rings. The lowest BCUT2D eigenvalue weighted by molar-refractivity contribution is -0.123. The van der Waals surface area contributed by atoms with Crippen molar-refractivity contribution in [2.24, 2.45) is 0 Å². The summed E-state index contributed by atoms with van der Waals surface area (Å²) in [6.07, 6.45) is 3.61. The second-order valence-electron chi connectivity index (χ2n) is 8.58. The van der Waals surface area contributed by atoms with Crippen molar-refractivity contribution >= 4 is 23.6 Å². The third-order valence-electron chi connectivity index (χ3n) is 5.83. The Hall–Kier alpha value is -4.13. The summed E-state index contributed by atoms with van der Waals surface area (Å²) >= 11 is 0. The fourth-order valence-electron chi connectivity index (χ4n) is 3.83. The molecule has 6 nitrogen and oxygen atoms in total. The van der Waals surface area contributed by atoms with Gasteiger partial charge in [-0.1, -0.05) is 49.7 Å². The summed E-state index contributed by atoms with van der Waals surface area (Å²) in [6, 6.07) is 20.1. The normalized spacial score (nSPS) is 14.7. The molecule has 1 aliphatic heterocycles. The Bertz CT molecular complexity index is 1240. The molecule has 1 atom stereocenters. The molecule has 3 aromatic carbocycles. The van der Waals surface area contributed by atoms with Crippen molar-refractivity contribution in [2.75, 3.05) is 18.1 Å². The number of carbonyl (C=O) groups is 2. The highest BCUT2D eigenvalue weighted by molar-refractivity contribution is 6.12. The monoisotopic (exact) mass is 488 g/mol. The average molecular weight is 489 g/mol. The molecule has 0 aliphatic carbocycles. The van der Waals surface area contributed by atoms with Crippen LogP contribution in [0.2, 0.25) is 0 Å². The van der Waals surface area contributed by atoms with Gasteiger partial charge in [0, 0.05) is 0 Å². The van der Waals surface area contributed by atoms with Gasteiger partial charge in [-0.2, -0.15) is 0 Å². The van der Waals surface area contributed by atoms with Crippen molar-refractivity contribution in [3.05, 3.63) is 95.5 Å². The number of carbonyl (C=O) groups excluding carboxylic acids is 2. The molecule has 1 heterocycles. The van der Waals surface area contributed by atoms with Gasteiger partial charge in [-0.15, -0.1) is 0 Å². The van der Waals surface area contributed by atoms with Crippen LogP contribution in [0.1, 0.15) is 43.9 Å². The van der Waals surface area contributed by atoms with Crippen LogP contribution in [0.15, 0.2) is 78.6 Å². The van der Waals surface area contributed by atoms with E-state index in [4.69, 9.17) is 9.47 Å². The molecular formula is C29H29FN2O4. The van der Waals surface area contributed by atoms with Crippen LogP contribution in [0, 0.1) is 5.82 Å². The molecule has 3 aromatic rings. The molecule has 1 N–H and O–H groups in total. The SMILES string of the molecule is CCCCOc1ccc([C@@H](C)NC(=O)CN2C(=O)/C(=C\c3ccc(F)cc3)Oc3ccccc32)cc1. The number of amides is 2. The van der Waals surface area contributed by atoms with E-state index in [9.17, 15) is 14.0 Å². The van der Waals surface area contributed by atoms with Crippen LogP contribution < -0.4 is 19.7 Å². The Labute approximate surface area is 210 Å². The number of para-hydroxylation sites is 2. The molecule has 0 radical (unpaired) electrons. The van der Waals surface area contributed by atoms with E-state index in [0.29, 0.717) is 23.6 Å². The predicted octanol–water partition coefficient (Wildman–Crippen LogP) is 5.65. The van der Waals surface area contributed by atoms with Gasteiger partial charge in [-0.25, -0.2) is 4.39 Å². The van der Waals surface area contributed by atoms with Gasteiger partial charge in [-0.05, 0) is 66.9 Å². The third-order valence-corrected chi connectivity index (χ3v) is 5.83. The predicted molar refractivity (Wildman–Crippen MR) is 137 cm³/mol. The topological polar surface area (TPSA) is 67.9 Å². The summed E-state index contributed by atoms with van der Waals surface area (Å²) in [5.41, 5.74) is 2.05. The molecule has 2 amide bonds. The lowest BCUT2D eigenvalue weighted by Gasteiger charge is -2.30. The number of halogens is 1. The van der Waals surface area contributed by atoms with Crippen molar-refractivity contribution in [2.45, 2.75) is 32.7 Å².